The van der Waals surface area contributed by atoms with Gasteiger partial charge < -0.3 is 4.57 Å². The number of hydrogen-bond acceptors (Lipinski definition) is 2. The lowest BCUT2D eigenvalue weighted by atomic mass is 10.1. The molecule has 23 heavy (non-hydrogen) atoms. The zero-order chi connectivity index (χ0) is 15.8. The van der Waals surface area contributed by atoms with E-state index >= 15 is 0 Å². The van der Waals surface area contributed by atoms with Gasteiger partial charge in [0.25, 0.3) is 0 Å². The number of rotatable bonds is 1. The molecule has 3 heteroatoms. The van der Waals surface area contributed by atoms with Gasteiger partial charge in [0, 0.05) is 16.5 Å². The van der Waals surface area contributed by atoms with E-state index in [1.165, 1.54) is 0 Å². The zero-order valence-corrected chi connectivity index (χ0v) is 12.2. The van der Waals surface area contributed by atoms with Gasteiger partial charge in [0.2, 0.25) is 0 Å². The predicted octanol–water partition coefficient (Wildman–Crippen LogP) is 4.53. The van der Waals surface area contributed by atoms with Crippen LogP contribution in [-0.2, 0) is 0 Å². The van der Waals surface area contributed by atoms with Crippen LogP contribution in [0.15, 0.2) is 66.7 Å². The Hall–Kier alpha value is -3.56. The highest BCUT2D eigenvalue weighted by atomic mass is 15.0. The van der Waals surface area contributed by atoms with Crippen molar-refractivity contribution in [3.05, 3.63) is 77.9 Å². The Kier molecular flexibility index (Phi) is 2.86. The summed E-state index contributed by atoms with van der Waals surface area (Å²) in [4.78, 5) is 0. The topological polar surface area (TPSA) is 52.5 Å². The third-order valence-corrected chi connectivity index (χ3v) is 4.07. The van der Waals surface area contributed by atoms with Gasteiger partial charge in [-0.25, -0.2) is 0 Å². The van der Waals surface area contributed by atoms with Gasteiger partial charge in [0.15, 0.2) is 0 Å². The first-order chi connectivity index (χ1) is 11.3. The fraction of sp³-hybridized carbons (Fsp3) is 0. The van der Waals surface area contributed by atoms with Crippen LogP contribution in [0.25, 0.3) is 27.5 Å². The summed E-state index contributed by atoms with van der Waals surface area (Å²) < 4.78 is 2.13. The number of nitriles is 2. The van der Waals surface area contributed by atoms with Gasteiger partial charge in [-0.15, -0.1) is 0 Å². The van der Waals surface area contributed by atoms with E-state index in [1.54, 1.807) is 0 Å². The van der Waals surface area contributed by atoms with E-state index in [0.717, 1.165) is 27.5 Å². The molecule has 0 unspecified atom stereocenters. The second-order valence-electron chi connectivity index (χ2n) is 5.32. The van der Waals surface area contributed by atoms with Crippen LogP contribution in [0.2, 0.25) is 0 Å². The Balaban J connectivity index is 2.16. The second-order valence-corrected chi connectivity index (χ2v) is 5.32. The molecule has 0 atom stereocenters. The summed E-state index contributed by atoms with van der Waals surface area (Å²) >= 11 is 0. The average Bonchev–Trinajstić information content (AvgIpc) is 2.96. The van der Waals surface area contributed by atoms with Gasteiger partial charge in [0.05, 0.1) is 34.3 Å². The number of nitrogens with zero attached hydrogens (tertiary/aromatic N) is 3. The molecule has 0 aliphatic heterocycles. The molecule has 0 saturated heterocycles. The van der Waals surface area contributed by atoms with Gasteiger partial charge in [-0.05, 0) is 42.5 Å². The number of benzene rings is 3. The largest absolute Gasteiger partial charge is 0.309 e. The first-order valence-electron chi connectivity index (χ1n) is 7.26. The Morgan fingerprint density at radius 2 is 1.43 bits per heavy atom. The highest BCUT2D eigenvalue weighted by molar-refractivity contribution is 6.11. The lowest BCUT2D eigenvalue weighted by Crippen LogP contribution is -1.93. The summed E-state index contributed by atoms with van der Waals surface area (Å²) in [5.41, 5.74) is 4.33. The maximum absolute atomic E-state index is 9.45. The van der Waals surface area contributed by atoms with Crippen LogP contribution in [0.5, 0.6) is 0 Å². The van der Waals surface area contributed by atoms with Crippen LogP contribution in [0, 0.1) is 22.7 Å². The van der Waals surface area contributed by atoms with Crippen LogP contribution >= 0.6 is 0 Å². The molecule has 0 radical (unpaired) electrons. The van der Waals surface area contributed by atoms with Gasteiger partial charge in [-0.2, -0.15) is 10.5 Å². The number of fused-ring (bicyclic) bond motifs is 3. The fourth-order valence-corrected chi connectivity index (χ4v) is 3.08. The van der Waals surface area contributed by atoms with E-state index in [0.29, 0.717) is 11.1 Å². The first-order valence-corrected chi connectivity index (χ1v) is 7.26. The van der Waals surface area contributed by atoms with Crippen molar-refractivity contribution in [2.45, 2.75) is 0 Å². The van der Waals surface area contributed by atoms with E-state index in [4.69, 9.17) is 5.26 Å². The molecule has 0 amide bonds. The SMILES string of the molecule is N#Cc1ccc(-n2c3ccccc3c3c(C#N)cccc32)cc1. The quantitative estimate of drug-likeness (QED) is 0.518. The number of aromatic nitrogens is 1. The van der Waals surface area contributed by atoms with Gasteiger partial charge >= 0.3 is 0 Å². The van der Waals surface area contributed by atoms with Crippen molar-refractivity contribution in [3.63, 3.8) is 0 Å². The van der Waals surface area contributed by atoms with E-state index in [-0.39, 0.29) is 0 Å². The van der Waals surface area contributed by atoms with E-state index in [1.807, 2.05) is 60.7 Å². The number of para-hydroxylation sites is 1. The number of hydrogen-bond donors (Lipinski definition) is 0. The first kappa shape index (κ1) is 13.1. The molecule has 0 fully saturated rings. The van der Waals surface area contributed by atoms with E-state index in [2.05, 4.69) is 22.8 Å². The Morgan fingerprint density at radius 3 is 2.17 bits per heavy atom. The second kappa shape index (κ2) is 5.02. The summed E-state index contributed by atoms with van der Waals surface area (Å²) in [7, 11) is 0. The summed E-state index contributed by atoms with van der Waals surface area (Å²) in [6, 6.07) is 25.8. The lowest BCUT2D eigenvalue weighted by molar-refractivity contribution is 1.18. The summed E-state index contributed by atoms with van der Waals surface area (Å²) in [5.74, 6) is 0. The van der Waals surface area contributed by atoms with Crippen molar-refractivity contribution in [3.8, 4) is 17.8 Å². The van der Waals surface area contributed by atoms with Crippen LogP contribution < -0.4 is 0 Å². The smallest absolute Gasteiger partial charge is 0.0998 e. The zero-order valence-electron chi connectivity index (χ0n) is 12.2. The molecule has 106 valence electrons. The minimum absolute atomic E-state index is 0.632. The molecule has 4 aromatic rings. The maximum Gasteiger partial charge on any atom is 0.0998 e. The fourth-order valence-electron chi connectivity index (χ4n) is 3.08. The normalized spacial score (nSPS) is 10.5. The molecule has 0 saturated carbocycles. The highest BCUT2D eigenvalue weighted by Crippen LogP contribution is 2.33. The molecule has 4 rings (SSSR count). The molecule has 0 N–H and O–H groups in total. The molecule has 0 aliphatic rings. The average molecular weight is 293 g/mol. The summed E-state index contributed by atoms with van der Waals surface area (Å²) in [6.45, 7) is 0. The standard InChI is InChI=1S/C20H11N3/c21-12-14-8-10-16(11-9-14)23-18-6-2-1-5-17(18)20-15(13-22)4-3-7-19(20)23/h1-11H. The predicted molar refractivity (Wildman–Crippen MR) is 90.2 cm³/mol. The van der Waals surface area contributed by atoms with Crippen LogP contribution in [-0.4, -0.2) is 4.57 Å². The van der Waals surface area contributed by atoms with Crippen LogP contribution in [0.4, 0.5) is 0 Å². The van der Waals surface area contributed by atoms with Crippen LogP contribution in [0.3, 0.4) is 0 Å². The third-order valence-electron chi connectivity index (χ3n) is 4.07. The molecule has 1 heterocycles. The highest BCUT2D eigenvalue weighted by Gasteiger charge is 2.14. The van der Waals surface area contributed by atoms with Crippen molar-refractivity contribution in [1.29, 1.82) is 10.5 Å². The van der Waals surface area contributed by atoms with Crippen molar-refractivity contribution in [1.82, 2.24) is 4.57 Å². The van der Waals surface area contributed by atoms with Crippen LogP contribution in [0.1, 0.15) is 11.1 Å². The molecule has 1 aromatic heterocycles. The molecule has 0 aliphatic carbocycles. The van der Waals surface area contributed by atoms with Gasteiger partial charge in [-0.3, -0.25) is 0 Å². The van der Waals surface area contributed by atoms with Gasteiger partial charge in [-0.1, -0.05) is 24.3 Å². The molecular formula is C20H11N3. The Morgan fingerprint density at radius 1 is 0.696 bits per heavy atom. The minimum Gasteiger partial charge on any atom is -0.309 e. The molecule has 0 spiro atoms. The monoisotopic (exact) mass is 293 g/mol. The van der Waals surface area contributed by atoms with E-state index < -0.39 is 0 Å². The van der Waals surface area contributed by atoms with E-state index in [9.17, 15) is 5.26 Å². The maximum atomic E-state index is 9.45. The van der Waals surface area contributed by atoms with Crippen molar-refractivity contribution >= 4 is 21.8 Å². The van der Waals surface area contributed by atoms with Crippen molar-refractivity contribution < 1.29 is 0 Å². The minimum atomic E-state index is 0.632. The Labute approximate surface area is 133 Å². The summed E-state index contributed by atoms with van der Waals surface area (Å²) in [6.07, 6.45) is 0. The molecule has 0 bridgehead atoms. The summed E-state index contributed by atoms with van der Waals surface area (Å²) in [5, 5.41) is 20.5. The van der Waals surface area contributed by atoms with Crippen molar-refractivity contribution in [2.24, 2.45) is 0 Å². The lowest BCUT2D eigenvalue weighted by Gasteiger charge is -2.07. The Bertz CT molecular complexity index is 1120. The van der Waals surface area contributed by atoms with Gasteiger partial charge in [0.1, 0.15) is 0 Å². The molecular weight excluding hydrogens is 282 g/mol. The third kappa shape index (κ3) is 1.88. The molecule has 3 aromatic carbocycles. The molecule has 3 nitrogen and oxygen atoms in total. The van der Waals surface area contributed by atoms with Crippen molar-refractivity contribution in [2.75, 3.05) is 0 Å².